The quantitative estimate of drug-likeness (QED) is 0.590. The molecule has 0 N–H and O–H groups in total. The molecule has 1 aromatic carbocycles. The van der Waals surface area contributed by atoms with Gasteiger partial charge in [0.05, 0.1) is 6.67 Å². The van der Waals surface area contributed by atoms with Crippen LogP contribution in [-0.2, 0) is 6.54 Å². The molecular weight excluding hydrogens is 283 g/mol. The molecule has 0 fully saturated rings. The summed E-state index contributed by atoms with van der Waals surface area (Å²) in [5.74, 6) is 0. The van der Waals surface area contributed by atoms with Gasteiger partial charge in [-0.05, 0) is 12.0 Å². The van der Waals surface area contributed by atoms with Crippen LogP contribution in [0, 0.1) is 0 Å². The molecule has 0 atom stereocenters. The lowest BCUT2D eigenvalue weighted by atomic mass is 10.2. The molecule has 0 bridgehead atoms. The Balaban J connectivity index is 0.000000383. The summed E-state index contributed by atoms with van der Waals surface area (Å²) in [6.07, 6.45) is 6.95. The fourth-order valence-corrected chi connectivity index (χ4v) is 1.94. The molecule has 7 heteroatoms. The summed E-state index contributed by atoms with van der Waals surface area (Å²) in [6.45, 7) is 5.47. The Morgan fingerprint density at radius 1 is 1.00 bits per heavy atom. The lowest BCUT2D eigenvalue weighted by molar-refractivity contribution is 0.257. The molecule has 0 aromatic heterocycles. The highest BCUT2D eigenvalue weighted by atomic mass is 19.5. The van der Waals surface area contributed by atoms with Gasteiger partial charge in [0, 0.05) is 25.5 Å². The second kappa shape index (κ2) is 8.59. The predicted molar refractivity (Wildman–Crippen MR) is 77.8 cm³/mol. The van der Waals surface area contributed by atoms with Crippen LogP contribution in [0.15, 0.2) is 42.7 Å². The topological polar surface area (TPSA) is 6.48 Å². The van der Waals surface area contributed by atoms with Gasteiger partial charge in [0.15, 0.2) is 0 Å². The van der Waals surface area contributed by atoms with Gasteiger partial charge in [-0.2, -0.15) is 0 Å². The van der Waals surface area contributed by atoms with Crippen molar-refractivity contribution in [3.63, 3.8) is 0 Å². The smallest absolute Gasteiger partial charge is 0.418 e. The number of unbranched alkanes of at least 4 members (excludes halogenated alkanes) is 1. The van der Waals surface area contributed by atoms with E-state index in [0.717, 1.165) is 13.2 Å². The van der Waals surface area contributed by atoms with Crippen LogP contribution in [0.4, 0.5) is 17.3 Å². The first-order valence-corrected chi connectivity index (χ1v) is 6.96. The molecule has 118 valence electrons. The maximum Gasteiger partial charge on any atom is 0.673 e. The number of hydrogen-bond acceptors (Lipinski definition) is 2. The summed E-state index contributed by atoms with van der Waals surface area (Å²) < 4.78 is 39.0. The van der Waals surface area contributed by atoms with Gasteiger partial charge in [0.25, 0.3) is 0 Å². The summed E-state index contributed by atoms with van der Waals surface area (Å²) in [5.41, 5.74) is 1.38. The van der Waals surface area contributed by atoms with E-state index in [9.17, 15) is 17.3 Å². The number of rotatable bonds is 5. The summed E-state index contributed by atoms with van der Waals surface area (Å²) in [7, 11) is -6.00. The van der Waals surface area contributed by atoms with E-state index >= 15 is 0 Å². The Labute approximate surface area is 123 Å². The van der Waals surface area contributed by atoms with Crippen LogP contribution in [0.2, 0.25) is 0 Å². The largest absolute Gasteiger partial charge is 0.673 e. The first-order chi connectivity index (χ1) is 9.88. The maximum absolute atomic E-state index is 9.75. The predicted octanol–water partition coefficient (Wildman–Crippen LogP) is 4.33. The Morgan fingerprint density at radius 3 is 2.14 bits per heavy atom. The molecule has 0 spiro atoms. The van der Waals surface area contributed by atoms with E-state index in [0.29, 0.717) is 0 Å². The molecule has 1 heterocycles. The van der Waals surface area contributed by atoms with Crippen molar-refractivity contribution < 1.29 is 17.3 Å². The fraction of sp³-hybridized carbons (Fsp3) is 0.429. The third-order valence-electron chi connectivity index (χ3n) is 2.88. The minimum absolute atomic E-state index is 1.01. The molecule has 0 amide bonds. The Hall–Kier alpha value is -1.66. The molecule has 0 radical (unpaired) electrons. The minimum atomic E-state index is -6.00. The zero-order chi connectivity index (χ0) is 15.7. The lowest BCUT2D eigenvalue weighted by Gasteiger charge is -2.21. The van der Waals surface area contributed by atoms with Gasteiger partial charge in [0.1, 0.15) is 0 Å². The Kier molecular flexibility index (Phi) is 7.12. The standard InChI is InChI=1S/C14H20N2.BF4/c1-2-3-9-15-10-11-16(13-15)12-14-7-5-4-6-8-14;2-1(3,4)5/h4-8,10-11H,2-3,9,12-13H2,1H3;/q;-1. The molecule has 0 saturated heterocycles. The van der Waals surface area contributed by atoms with Crippen molar-refractivity contribution in [2.24, 2.45) is 0 Å². The highest BCUT2D eigenvalue weighted by Gasteiger charge is 2.20. The van der Waals surface area contributed by atoms with Crippen molar-refractivity contribution in [3.05, 3.63) is 48.3 Å². The molecule has 1 aliphatic rings. The zero-order valence-corrected chi connectivity index (χ0v) is 12.1. The molecular formula is C14H20BF4N2-. The van der Waals surface area contributed by atoms with Crippen molar-refractivity contribution >= 4 is 7.25 Å². The average Bonchev–Trinajstić information content (AvgIpc) is 2.83. The SMILES string of the molecule is CCCCN1C=CN(Cc2ccccc2)C1.F[B-](F)(F)F. The van der Waals surface area contributed by atoms with Crippen molar-refractivity contribution in [1.29, 1.82) is 0 Å². The molecule has 21 heavy (non-hydrogen) atoms. The Bertz CT molecular complexity index is 417. The minimum Gasteiger partial charge on any atom is -0.418 e. The van der Waals surface area contributed by atoms with Gasteiger partial charge in [-0.3, -0.25) is 0 Å². The van der Waals surface area contributed by atoms with Gasteiger partial charge in [-0.15, -0.1) is 0 Å². The number of benzene rings is 1. The van der Waals surface area contributed by atoms with E-state index in [1.807, 2.05) is 0 Å². The van der Waals surface area contributed by atoms with Crippen molar-refractivity contribution in [2.75, 3.05) is 13.2 Å². The summed E-state index contributed by atoms with van der Waals surface area (Å²) in [4.78, 5) is 4.73. The van der Waals surface area contributed by atoms with Gasteiger partial charge in [0.2, 0.25) is 0 Å². The van der Waals surface area contributed by atoms with Gasteiger partial charge in [-0.1, -0.05) is 43.7 Å². The van der Waals surface area contributed by atoms with Crippen LogP contribution in [0.1, 0.15) is 25.3 Å². The van der Waals surface area contributed by atoms with Crippen molar-refractivity contribution in [1.82, 2.24) is 9.80 Å². The van der Waals surface area contributed by atoms with Crippen LogP contribution in [0.5, 0.6) is 0 Å². The number of hydrogen-bond donors (Lipinski definition) is 0. The number of halogens is 4. The molecule has 0 unspecified atom stereocenters. The van der Waals surface area contributed by atoms with E-state index in [1.165, 1.54) is 24.9 Å². The van der Waals surface area contributed by atoms with Crippen LogP contribution in [0.25, 0.3) is 0 Å². The highest BCUT2D eigenvalue weighted by Crippen LogP contribution is 2.12. The monoisotopic (exact) mass is 303 g/mol. The van der Waals surface area contributed by atoms with E-state index < -0.39 is 7.25 Å². The maximum atomic E-state index is 9.75. The van der Waals surface area contributed by atoms with Gasteiger partial charge < -0.3 is 27.1 Å². The van der Waals surface area contributed by atoms with Crippen molar-refractivity contribution in [3.8, 4) is 0 Å². The average molecular weight is 303 g/mol. The van der Waals surface area contributed by atoms with Crippen LogP contribution in [-0.4, -0.2) is 30.3 Å². The second-order valence-corrected chi connectivity index (χ2v) is 4.83. The zero-order valence-electron chi connectivity index (χ0n) is 12.1. The highest BCUT2D eigenvalue weighted by molar-refractivity contribution is 6.50. The van der Waals surface area contributed by atoms with Crippen LogP contribution in [0.3, 0.4) is 0 Å². The Morgan fingerprint density at radius 2 is 1.57 bits per heavy atom. The molecule has 2 rings (SSSR count). The normalized spacial score (nSPS) is 14.1. The summed E-state index contributed by atoms with van der Waals surface area (Å²) in [6, 6.07) is 10.6. The molecule has 2 nitrogen and oxygen atoms in total. The summed E-state index contributed by atoms with van der Waals surface area (Å²) >= 11 is 0. The third-order valence-corrected chi connectivity index (χ3v) is 2.88. The molecule has 0 aliphatic carbocycles. The van der Waals surface area contributed by atoms with Gasteiger partial charge in [-0.25, -0.2) is 0 Å². The van der Waals surface area contributed by atoms with E-state index in [2.05, 4.69) is 59.5 Å². The third kappa shape index (κ3) is 8.99. The molecule has 0 saturated carbocycles. The van der Waals surface area contributed by atoms with E-state index in [1.54, 1.807) is 0 Å². The number of nitrogens with zero attached hydrogens (tertiary/aromatic N) is 2. The first kappa shape index (κ1) is 17.4. The van der Waals surface area contributed by atoms with E-state index in [-0.39, 0.29) is 0 Å². The fourth-order valence-electron chi connectivity index (χ4n) is 1.94. The first-order valence-electron chi connectivity index (χ1n) is 6.96. The van der Waals surface area contributed by atoms with E-state index in [4.69, 9.17) is 0 Å². The van der Waals surface area contributed by atoms with Crippen molar-refractivity contribution in [2.45, 2.75) is 26.3 Å². The lowest BCUT2D eigenvalue weighted by Crippen LogP contribution is -2.25. The van der Waals surface area contributed by atoms with Crippen LogP contribution >= 0.6 is 0 Å². The van der Waals surface area contributed by atoms with Gasteiger partial charge >= 0.3 is 7.25 Å². The summed E-state index contributed by atoms with van der Waals surface area (Å²) in [5, 5.41) is 0. The molecule has 1 aliphatic heterocycles. The molecule has 1 aromatic rings. The van der Waals surface area contributed by atoms with Crippen LogP contribution < -0.4 is 0 Å². The second-order valence-electron chi connectivity index (χ2n) is 4.83.